The summed E-state index contributed by atoms with van der Waals surface area (Å²) in [5, 5.41) is 11.4. The molecular formula is C8H15NO2. The summed E-state index contributed by atoms with van der Waals surface area (Å²) >= 11 is 0. The number of hydrogen-bond acceptors (Lipinski definition) is 2. The van der Waals surface area contributed by atoms with Crippen molar-refractivity contribution in [3.05, 3.63) is 0 Å². The highest BCUT2D eigenvalue weighted by Crippen LogP contribution is 2.31. The van der Waals surface area contributed by atoms with Crippen LogP contribution in [0.1, 0.15) is 25.7 Å². The molecule has 3 nitrogen and oxygen atoms in total. The Kier molecular flexibility index (Phi) is 3.36. The first-order valence-corrected chi connectivity index (χ1v) is 4.21. The van der Waals surface area contributed by atoms with Crippen LogP contribution in [-0.4, -0.2) is 24.2 Å². The first-order valence-electron chi connectivity index (χ1n) is 4.21. The minimum Gasteiger partial charge on any atom is -0.481 e. The lowest BCUT2D eigenvalue weighted by molar-refractivity contribution is -0.136. The van der Waals surface area contributed by atoms with Gasteiger partial charge in [0.15, 0.2) is 0 Å². The first-order chi connectivity index (χ1) is 5.29. The maximum absolute atomic E-state index is 10.1. The van der Waals surface area contributed by atoms with Gasteiger partial charge in [-0.25, -0.2) is 0 Å². The molecule has 0 amide bonds. The van der Waals surface area contributed by atoms with Gasteiger partial charge in [-0.05, 0) is 18.9 Å². The van der Waals surface area contributed by atoms with Crippen LogP contribution in [-0.2, 0) is 4.79 Å². The quantitative estimate of drug-likeness (QED) is 0.562. The zero-order chi connectivity index (χ0) is 8.10. The van der Waals surface area contributed by atoms with E-state index in [0.717, 1.165) is 12.5 Å². The summed E-state index contributed by atoms with van der Waals surface area (Å²) in [4.78, 5) is 10.1. The molecule has 0 unspecified atom stereocenters. The topological polar surface area (TPSA) is 49.3 Å². The maximum Gasteiger partial charge on any atom is 0.304 e. The summed E-state index contributed by atoms with van der Waals surface area (Å²) in [6.07, 6.45) is 4.21. The molecule has 0 spiro atoms. The highest BCUT2D eigenvalue weighted by molar-refractivity contribution is 5.66. The SMILES string of the molecule is O=C(O)CCNCCC1CC1. The molecule has 1 aliphatic carbocycles. The first kappa shape index (κ1) is 8.53. The Balaban J connectivity index is 1.76. The van der Waals surface area contributed by atoms with E-state index in [1.807, 2.05) is 0 Å². The van der Waals surface area contributed by atoms with E-state index < -0.39 is 5.97 Å². The molecule has 0 aromatic heterocycles. The van der Waals surface area contributed by atoms with Crippen molar-refractivity contribution >= 4 is 5.97 Å². The Morgan fingerprint density at radius 1 is 1.45 bits per heavy atom. The molecule has 0 bridgehead atoms. The molecule has 2 N–H and O–H groups in total. The Morgan fingerprint density at radius 2 is 2.18 bits per heavy atom. The van der Waals surface area contributed by atoms with Crippen LogP contribution in [0, 0.1) is 5.92 Å². The number of nitrogens with one attached hydrogen (secondary N) is 1. The second kappa shape index (κ2) is 4.34. The minimum atomic E-state index is -0.719. The van der Waals surface area contributed by atoms with Crippen molar-refractivity contribution < 1.29 is 9.90 Å². The molecule has 1 fully saturated rings. The minimum absolute atomic E-state index is 0.241. The standard InChI is InChI=1S/C8H15NO2/c10-8(11)4-6-9-5-3-7-1-2-7/h7,9H,1-6H2,(H,10,11). The van der Waals surface area contributed by atoms with Crippen molar-refractivity contribution in [2.45, 2.75) is 25.7 Å². The summed E-state index contributed by atoms with van der Waals surface area (Å²) in [5.74, 6) is 0.219. The predicted octanol–water partition coefficient (Wildman–Crippen LogP) is 0.851. The lowest BCUT2D eigenvalue weighted by atomic mass is 10.3. The van der Waals surface area contributed by atoms with Gasteiger partial charge in [-0.1, -0.05) is 12.8 Å². The number of aliphatic carboxylic acids is 1. The van der Waals surface area contributed by atoms with Crippen molar-refractivity contribution in [1.29, 1.82) is 0 Å². The molecule has 1 saturated carbocycles. The van der Waals surface area contributed by atoms with Gasteiger partial charge in [-0.2, -0.15) is 0 Å². The van der Waals surface area contributed by atoms with Crippen molar-refractivity contribution in [2.24, 2.45) is 5.92 Å². The second-order valence-corrected chi connectivity index (χ2v) is 3.13. The van der Waals surface area contributed by atoms with E-state index >= 15 is 0 Å². The average Bonchev–Trinajstić information content (AvgIpc) is 2.70. The van der Waals surface area contributed by atoms with E-state index in [4.69, 9.17) is 5.11 Å². The van der Waals surface area contributed by atoms with E-state index in [9.17, 15) is 4.79 Å². The third-order valence-corrected chi connectivity index (χ3v) is 1.94. The largest absolute Gasteiger partial charge is 0.481 e. The van der Waals surface area contributed by atoms with Gasteiger partial charge in [0.25, 0.3) is 0 Å². The smallest absolute Gasteiger partial charge is 0.304 e. The lowest BCUT2D eigenvalue weighted by Crippen LogP contribution is -2.19. The van der Waals surface area contributed by atoms with Crippen molar-refractivity contribution in [2.75, 3.05) is 13.1 Å². The van der Waals surface area contributed by atoms with Gasteiger partial charge in [0.05, 0.1) is 6.42 Å². The molecule has 1 aliphatic rings. The van der Waals surface area contributed by atoms with Gasteiger partial charge < -0.3 is 10.4 Å². The van der Waals surface area contributed by atoms with E-state index in [2.05, 4.69) is 5.32 Å². The normalized spacial score (nSPS) is 16.7. The molecule has 0 heterocycles. The van der Waals surface area contributed by atoms with Crippen molar-refractivity contribution in [3.8, 4) is 0 Å². The average molecular weight is 157 g/mol. The fraction of sp³-hybridized carbons (Fsp3) is 0.875. The summed E-state index contributed by atoms with van der Waals surface area (Å²) < 4.78 is 0. The van der Waals surface area contributed by atoms with Crippen LogP contribution in [0.25, 0.3) is 0 Å². The van der Waals surface area contributed by atoms with E-state index in [1.165, 1.54) is 19.3 Å². The van der Waals surface area contributed by atoms with Gasteiger partial charge in [-0.15, -0.1) is 0 Å². The van der Waals surface area contributed by atoms with E-state index in [-0.39, 0.29) is 6.42 Å². The maximum atomic E-state index is 10.1. The molecule has 64 valence electrons. The summed E-state index contributed by atoms with van der Waals surface area (Å²) in [6, 6.07) is 0. The van der Waals surface area contributed by atoms with E-state index in [1.54, 1.807) is 0 Å². The molecule has 11 heavy (non-hydrogen) atoms. The third-order valence-electron chi connectivity index (χ3n) is 1.94. The van der Waals surface area contributed by atoms with Crippen LogP contribution in [0.5, 0.6) is 0 Å². The second-order valence-electron chi connectivity index (χ2n) is 3.13. The summed E-state index contributed by atoms with van der Waals surface area (Å²) in [7, 11) is 0. The van der Waals surface area contributed by atoms with Crippen LogP contribution in [0.4, 0.5) is 0 Å². The number of carbonyl (C=O) groups is 1. The molecule has 0 aromatic carbocycles. The van der Waals surface area contributed by atoms with Crippen LogP contribution in [0.3, 0.4) is 0 Å². The molecule has 1 rings (SSSR count). The van der Waals surface area contributed by atoms with Gasteiger partial charge in [0.1, 0.15) is 0 Å². The Bertz CT molecular complexity index is 132. The number of carboxylic acids is 1. The number of hydrogen-bond donors (Lipinski definition) is 2. The Labute approximate surface area is 66.8 Å². The third kappa shape index (κ3) is 4.79. The van der Waals surface area contributed by atoms with Gasteiger partial charge in [-0.3, -0.25) is 4.79 Å². The van der Waals surface area contributed by atoms with Crippen LogP contribution < -0.4 is 5.32 Å². The predicted molar refractivity (Wildman–Crippen MR) is 42.5 cm³/mol. The molecule has 0 saturated heterocycles. The Hall–Kier alpha value is -0.570. The zero-order valence-corrected chi connectivity index (χ0v) is 6.68. The fourth-order valence-corrected chi connectivity index (χ4v) is 1.03. The molecule has 3 heteroatoms. The van der Waals surface area contributed by atoms with Gasteiger partial charge >= 0.3 is 5.97 Å². The van der Waals surface area contributed by atoms with Crippen LogP contribution in [0.15, 0.2) is 0 Å². The fourth-order valence-electron chi connectivity index (χ4n) is 1.03. The molecule has 0 aliphatic heterocycles. The summed E-state index contributed by atoms with van der Waals surface area (Å²) in [5.41, 5.74) is 0. The highest BCUT2D eigenvalue weighted by Gasteiger charge is 2.19. The summed E-state index contributed by atoms with van der Waals surface area (Å²) in [6.45, 7) is 1.60. The monoisotopic (exact) mass is 157 g/mol. The number of carboxylic acid groups (broad SMARTS) is 1. The van der Waals surface area contributed by atoms with Crippen molar-refractivity contribution in [1.82, 2.24) is 5.32 Å². The molecule has 0 atom stereocenters. The molecule has 0 radical (unpaired) electrons. The highest BCUT2D eigenvalue weighted by atomic mass is 16.4. The lowest BCUT2D eigenvalue weighted by Gasteiger charge is -2.00. The Morgan fingerprint density at radius 3 is 2.73 bits per heavy atom. The molecular weight excluding hydrogens is 142 g/mol. The van der Waals surface area contributed by atoms with Gasteiger partial charge in [0, 0.05) is 6.54 Å². The number of rotatable bonds is 6. The van der Waals surface area contributed by atoms with Crippen LogP contribution >= 0.6 is 0 Å². The zero-order valence-electron chi connectivity index (χ0n) is 6.68. The van der Waals surface area contributed by atoms with E-state index in [0.29, 0.717) is 6.54 Å². The van der Waals surface area contributed by atoms with Crippen LogP contribution in [0.2, 0.25) is 0 Å². The van der Waals surface area contributed by atoms with Gasteiger partial charge in [0.2, 0.25) is 0 Å². The molecule has 0 aromatic rings. The van der Waals surface area contributed by atoms with Crippen molar-refractivity contribution in [3.63, 3.8) is 0 Å².